The van der Waals surface area contributed by atoms with Gasteiger partial charge in [-0.25, -0.2) is 0 Å². The number of rotatable bonds is 1. The van der Waals surface area contributed by atoms with E-state index in [1.54, 1.807) is 0 Å². The van der Waals surface area contributed by atoms with Crippen molar-refractivity contribution in [1.29, 1.82) is 0 Å². The van der Waals surface area contributed by atoms with Crippen LogP contribution in [0.4, 0.5) is 0 Å². The first-order valence-electron chi connectivity index (χ1n) is 6.80. The zero-order valence-electron chi connectivity index (χ0n) is 13.0. The van der Waals surface area contributed by atoms with Crippen molar-refractivity contribution in [2.24, 2.45) is 0 Å². The topological polar surface area (TPSA) is 0 Å². The van der Waals surface area contributed by atoms with Crippen LogP contribution in [-0.4, -0.2) is 0 Å². The van der Waals surface area contributed by atoms with E-state index in [1.807, 2.05) is 0 Å². The van der Waals surface area contributed by atoms with Crippen LogP contribution in [0.2, 0.25) is 0 Å². The molecule has 0 fully saturated rings. The Morgan fingerprint density at radius 3 is 1.95 bits per heavy atom. The van der Waals surface area contributed by atoms with Crippen LogP contribution in [0.25, 0.3) is 21.9 Å². The fraction of sp³-hybridized carbons (Fsp3) is 0.211. The van der Waals surface area contributed by atoms with Gasteiger partial charge in [-0.3, -0.25) is 0 Å². The first-order valence-corrected chi connectivity index (χ1v) is 6.80. The van der Waals surface area contributed by atoms with E-state index in [0.29, 0.717) is 0 Å². The zero-order valence-corrected chi connectivity index (χ0v) is 18.1. The molecule has 0 amide bonds. The largest absolute Gasteiger partial charge is 1.00 e. The third-order valence-electron chi connectivity index (χ3n) is 3.70. The normalized spacial score (nSPS) is 10.3. The summed E-state index contributed by atoms with van der Waals surface area (Å²) in [5.74, 6) is 0. The van der Waals surface area contributed by atoms with Gasteiger partial charge >= 0.3 is 0 Å². The Morgan fingerprint density at radius 1 is 0.818 bits per heavy atom. The molecule has 0 unspecified atom stereocenters. The Balaban J connectivity index is 0.00000147. The molecule has 0 saturated carbocycles. The Hall–Kier alpha value is -0.500. The van der Waals surface area contributed by atoms with Gasteiger partial charge in [-0.15, -0.1) is 34.5 Å². The molecule has 0 nitrogen and oxygen atoms in total. The molecular weight excluding hydrogens is 478 g/mol. The summed E-state index contributed by atoms with van der Waals surface area (Å²) >= 11 is 0. The Labute approximate surface area is 164 Å². The van der Waals surface area contributed by atoms with E-state index in [1.165, 1.54) is 27.5 Å². The van der Waals surface area contributed by atoms with Crippen molar-refractivity contribution < 1.29 is 50.7 Å². The van der Waals surface area contributed by atoms with E-state index in [2.05, 4.69) is 81.4 Å². The molecule has 0 saturated heterocycles. The second kappa shape index (κ2) is 8.38. The average molecular weight is 497 g/mol. The standard InChI is InChI=1S/C19H19.2ClH.Hf/c1-19(2,3)18-10-8-14(9-11-18)17-12-15-6-4-5-7-16(15)13-17;;;/h4-13H,1-3H3;2*1H;/q-1;;;/p-2. The van der Waals surface area contributed by atoms with Gasteiger partial charge in [-0.05, 0) is 11.0 Å². The van der Waals surface area contributed by atoms with Gasteiger partial charge in [-0.1, -0.05) is 68.8 Å². The molecule has 3 aromatic carbocycles. The first kappa shape index (κ1) is 21.5. The minimum absolute atomic E-state index is 0. The summed E-state index contributed by atoms with van der Waals surface area (Å²) in [5, 5.41) is 2.63. The average Bonchev–Trinajstić information content (AvgIpc) is 2.81. The summed E-state index contributed by atoms with van der Waals surface area (Å²) in [7, 11) is 0. The van der Waals surface area contributed by atoms with Gasteiger partial charge in [0.05, 0.1) is 0 Å². The van der Waals surface area contributed by atoms with E-state index >= 15 is 0 Å². The van der Waals surface area contributed by atoms with Crippen molar-refractivity contribution in [2.75, 3.05) is 0 Å². The van der Waals surface area contributed by atoms with Gasteiger partial charge in [0.1, 0.15) is 0 Å². The van der Waals surface area contributed by atoms with Crippen molar-refractivity contribution >= 4 is 10.8 Å². The fourth-order valence-electron chi connectivity index (χ4n) is 2.48. The predicted molar refractivity (Wildman–Crippen MR) is 83.7 cm³/mol. The summed E-state index contributed by atoms with van der Waals surface area (Å²) in [4.78, 5) is 0. The van der Waals surface area contributed by atoms with Crippen LogP contribution in [0.1, 0.15) is 26.3 Å². The minimum Gasteiger partial charge on any atom is -1.00 e. The molecule has 0 spiro atoms. The third-order valence-corrected chi connectivity index (χ3v) is 3.70. The van der Waals surface area contributed by atoms with Crippen LogP contribution in [0, 0.1) is 0 Å². The van der Waals surface area contributed by atoms with Crippen molar-refractivity contribution in [3.8, 4) is 11.1 Å². The molecule has 0 bridgehead atoms. The van der Waals surface area contributed by atoms with E-state index in [-0.39, 0.29) is 56.1 Å². The van der Waals surface area contributed by atoms with Crippen molar-refractivity contribution in [1.82, 2.24) is 0 Å². The van der Waals surface area contributed by atoms with Crippen LogP contribution in [-0.2, 0) is 31.3 Å². The molecule has 0 N–H and O–H groups in total. The van der Waals surface area contributed by atoms with Gasteiger partial charge in [0, 0.05) is 25.8 Å². The summed E-state index contributed by atoms with van der Waals surface area (Å²) in [6.45, 7) is 6.75. The van der Waals surface area contributed by atoms with Crippen LogP contribution in [0.5, 0.6) is 0 Å². The molecule has 0 aliphatic rings. The van der Waals surface area contributed by atoms with Gasteiger partial charge in [0.15, 0.2) is 0 Å². The molecule has 116 valence electrons. The first-order chi connectivity index (χ1) is 9.04. The third kappa shape index (κ3) is 4.50. The zero-order chi connectivity index (χ0) is 13.5. The number of halogens is 2. The summed E-state index contributed by atoms with van der Waals surface area (Å²) in [6, 6.07) is 22.0. The Morgan fingerprint density at radius 2 is 1.41 bits per heavy atom. The SMILES string of the molecule is CC(C)(C)c1ccc(-c2cc3ccccc3[cH-]2)cc1.[Cl-].[Cl-].[Hf]. The summed E-state index contributed by atoms with van der Waals surface area (Å²) in [5.41, 5.74) is 4.20. The molecule has 22 heavy (non-hydrogen) atoms. The van der Waals surface area contributed by atoms with Crippen LogP contribution >= 0.6 is 0 Å². The Bertz CT molecular complexity index is 673. The summed E-state index contributed by atoms with van der Waals surface area (Å²) in [6.07, 6.45) is 0. The maximum atomic E-state index is 2.27. The van der Waals surface area contributed by atoms with Crippen LogP contribution in [0.3, 0.4) is 0 Å². The van der Waals surface area contributed by atoms with E-state index < -0.39 is 0 Å². The molecule has 0 aliphatic carbocycles. The molecule has 0 aliphatic heterocycles. The van der Waals surface area contributed by atoms with E-state index in [9.17, 15) is 0 Å². The molecule has 0 heterocycles. The number of fused-ring (bicyclic) bond motifs is 1. The summed E-state index contributed by atoms with van der Waals surface area (Å²) < 4.78 is 0. The van der Waals surface area contributed by atoms with Gasteiger partial charge < -0.3 is 24.8 Å². The van der Waals surface area contributed by atoms with Crippen LogP contribution < -0.4 is 24.8 Å². The molecule has 3 rings (SSSR count). The molecule has 3 aromatic rings. The second-order valence-electron chi connectivity index (χ2n) is 6.20. The second-order valence-corrected chi connectivity index (χ2v) is 6.20. The number of benzene rings is 2. The minimum atomic E-state index is 0. The number of hydrogen-bond donors (Lipinski definition) is 0. The molecular formula is C19H19Cl2Hf-3. The van der Waals surface area contributed by atoms with Crippen molar-refractivity contribution in [2.45, 2.75) is 26.2 Å². The van der Waals surface area contributed by atoms with Gasteiger partial charge in [0.25, 0.3) is 0 Å². The van der Waals surface area contributed by atoms with E-state index in [0.717, 1.165) is 0 Å². The predicted octanol–water partition coefficient (Wildman–Crippen LogP) is -0.471. The molecule has 3 heteroatoms. The maximum absolute atomic E-state index is 2.27. The maximum Gasteiger partial charge on any atom is 0 e. The van der Waals surface area contributed by atoms with Crippen molar-refractivity contribution in [3.63, 3.8) is 0 Å². The van der Waals surface area contributed by atoms with Gasteiger partial charge in [-0.2, -0.15) is 0 Å². The monoisotopic (exact) mass is 497 g/mol. The number of hydrogen-bond acceptors (Lipinski definition) is 0. The van der Waals surface area contributed by atoms with E-state index in [4.69, 9.17) is 0 Å². The van der Waals surface area contributed by atoms with Crippen LogP contribution in [0.15, 0.2) is 60.7 Å². The van der Waals surface area contributed by atoms with Crippen molar-refractivity contribution in [3.05, 3.63) is 66.2 Å². The fourth-order valence-corrected chi connectivity index (χ4v) is 2.48. The quantitative estimate of drug-likeness (QED) is 0.316. The molecule has 0 aromatic heterocycles. The van der Waals surface area contributed by atoms with Gasteiger partial charge in [0.2, 0.25) is 0 Å². The molecule has 0 radical (unpaired) electrons. The smallest absolute Gasteiger partial charge is 0 e. The Kier molecular flexibility index (Phi) is 8.19. The molecule has 0 atom stereocenters.